The van der Waals surface area contributed by atoms with Crippen molar-refractivity contribution in [2.75, 3.05) is 0 Å². The van der Waals surface area contributed by atoms with E-state index < -0.39 is 17.2 Å². The number of carboxylic acids is 1. The topological polar surface area (TPSA) is 71.3 Å². The molecule has 28 heavy (non-hydrogen) atoms. The maximum absolute atomic E-state index is 15.0. The molecule has 0 spiro atoms. The molecule has 0 radical (unpaired) electrons. The Labute approximate surface area is 160 Å². The van der Waals surface area contributed by atoms with E-state index in [2.05, 4.69) is 12.2 Å². The second-order valence-electron chi connectivity index (χ2n) is 7.68. The van der Waals surface area contributed by atoms with Crippen molar-refractivity contribution in [1.29, 1.82) is 0 Å². The zero-order valence-electron chi connectivity index (χ0n) is 15.3. The van der Waals surface area contributed by atoms with Gasteiger partial charge in [-0.05, 0) is 54.7 Å². The van der Waals surface area contributed by atoms with Crippen molar-refractivity contribution in [3.63, 3.8) is 0 Å². The molecule has 2 aromatic carbocycles. The fourth-order valence-corrected chi connectivity index (χ4v) is 4.10. The first-order valence-corrected chi connectivity index (χ1v) is 9.42. The molecule has 1 unspecified atom stereocenters. The number of halogens is 1. The Morgan fingerprint density at radius 1 is 1.25 bits per heavy atom. The van der Waals surface area contributed by atoms with Crippen LogP contribution in [0.2, 0.25) is 0 Å². The summed E-state index contributed by atoms with van der Waals surface area (Å²) in [5.74, 6) is -1.81. The van der Waals surface area contributed by atoms with Gasteiger partial charge < -0.3 is 15.0 Å². The quantitative estimate of drug-likeness (QED) is 0.723. The molecule has 0 amide bonds. The van der Waals surface area contributed by atoms with Crippen LogP contribution < -0.4 is 10.7 Å². The standard InChI is InChI=1S/C22H19FN2O3/c1-11-15-6-12(2-3-13(15)9-24-11)16-8-20-17(7-19(16)23)21(26)18(22(27)28)10-25(20)14-4-5-14/h2-3,6-8,10-11,14,24H,4-5,9H2,1H3,(H,27,28). The Bertz CT molecular complexity index is 1210. The molecule has 1 fully saturated rings. The predicted octanol–water partition coefficient (Wildman–Crippen LogP) is 4.00. The van der Waals surface area contributed by atoms with E-state index in [1.165, 1.54) is 17.8 Å². The first-order valence-electron chi connectivity index (χ1n) is 9.42. The molecule has 2 N–H and O–H groups in total. The largest absolute Gasteiger partial charge is 0.477 e. The minimum absolute atomic E-state index is 0.115. The van der Waals surface area contributed by atoms with Gasteiger partial charge >= 0.3 is 5.97 Å². The van der Waals surface area contributed by atoms with Crippen LogP contribution in [-0.2, 0) is 6.54 Å². The number of pyridine rings is 1. The molecule has 2 aliphatic rings. The molecule has 3 aromatic rings. The number of nitrogens with zero attached hydrogens (tertiary/aromatic N) is 1. The number of rotatable bonds is 3. The van der Waals surface area contributed by atoms with E-state index in [1.807, 2.05) is 22.8 Å². The van der Waals surface area contributed by atoms with Crippen LogP contribution in [0.5, 0.6) is 0 Å². The SMILES string of the molecule is CC1NCc2ccc(-c3cc4c(cc3F)c(=O)c(C(=O)O)cn4C3CC3)cc21. The third-order valence-electron chi connectivity index (χ3n) is 5.81. The first kappa shape index (κ1) is 17.1. The maximum Gasteiger partial charge on any atom is 0.341 e. The molecule has 142 valence electrons. The summed E-state index contributed by atoms with van der Waals surface area (Å²) in [6.45, 7) is 2.88. The molecular formula is C22H19FN2O3. The number of aromatic nitrogens is 1. The van der Waals surface area contributed by atoms with Gasteiger partial charge in [-0.15, -0.1) is 0 Å². The molecule has 6 heteroatoms. The van der Waals surface area contributed by atoms with Crippen molar-refractivity contribution in [1.82, 2.24) is 9.88 Å². The smallest absolute Gasteiger partial charge is 0.341 e. The fraction of sp³-hybridized carbons (Fsp3) is 0.273. The van der Waals surface area contributed by atoms with Gasteiger partial charge in [0, 0.05) is 35.8 Å². The Kier molecular flexibility index (Phi) is 3.67. The summed E-state index contributed by atoms with van der Waals surface area (Å²) in [6, 6.07) is 9.14. The lowest BCUT2D eigenvalue weighted by atomic mass is 9.96. The van der Waals surface area contributed by atoms with Crippen molar-refractivity contribution < 1.29 is 14.3 Å². The van der Waals surface area contributed by atoms with Crippen LogP contribution in [-0.4, -0.2) is 15.6 Å². The first-order chi connectivity index (χ1) is 13.4. The van der Waals surface area contributed by atoms with E-state index in [1.54, 1.807) is 6.07 Å². The van der Waals surface area contributed by atoms with Gasteiger partial charge in [-0.3, -0.25) is 4.79 Å². The van der Waals surface area contributed by atoms with Crippen LogP contribution in [0.15, 0.2) is 41.3 Å². The molecule has 1 aliphatic heterocycles. The molecular weight excluding hydrogens is 359 g/mol. The minimum Gasteiger partial charge on any atom is -0.477 e. The number of hydrogen-bond acceptors (Lipinski definition) is 3. The van der Waals surface area contributed by atoms with Gasteiger partial charge in [0.25, 0.3) is 0 Å². The summed E-state index contributed by atoms with van der Waals surface area (Å²) in [7, 11) is 0. The van der Waals surface area contributed by atoms with Gasteiger partial charge in [0.05, 0.1) is 5.52 Å². The Morgan fingerprint density at radius 3 is 2.75 bits per heavy atom. The molecule has 5 nitrogen and oxygen atoms in total. The zero-order valence-corrected chi connectivity index (χ0v) is 15.3. The maximum atomic E-state index is 15.0. The summed E-state index contributed by atoms with van der Waals surface area (Å²) in [6.07, 6.45) is 3.25. The van der Waals surface area contributed by atoms with Crippen LogP contribution in [0.25, 0.3) is 22.0 Å². The van der Waals surface area contributed by atoms with Crippen LogP contribution in [0.1, 0.15) is 53.3 Å². The predicted molar refractivity (Wildman–Crippen MR) is 104 cm³/mol. The number of benzene rings is 2. The Hall–Kier alpha value is -2.99. The van der Waals surface area contributed by atoms with Crippen LogP contribution in [0.4, 0.5) is 4.39 Å². The van der Waals surface area contributed by atoms with Crippen molar-refractivity contribution in [2.45, 2.75) is 38.4 Å². The van der Waals surface area contributed by atoms with E-state index in [-0.39, 0.29) is 23.0 Å². The van der Waals surface area contributed by atoms with E-state index >= 15 is 4.39 Å². The lowest BCUT2D eigenvalue weighted by Crippen LogP contribution is -2.19. The average molecular weight is 378 g/mol. The molecule has 1 aromatic heterocycles. The number of carbonyl (C=O) groups is 1. The second-order valence-corrected chi connectivity index (χ2v) is 7.68. The summed E-state index contributed by atoms with van der Waals surface area (Å²) in [5, 5.41) is 12.8. The van der Waals surface area contributed by atoms with Gasteiger partial charge in [0.2, 0.25) is 5.43 Å². The highest BCUT2D eigenvalue weighted by molar-refractivity contribution is 5.94. The zero-order chi connectivity index (χ0) is 19.6. The van der Waals surface area contributed by atoms with Crippen molar-refractivity contribution in [3.05, 3.63) is 69.3 Å². The average Bonchev–Trinajstić information content (AvgIpc) is 3.45. The molecule has 1 saturated carbocycles. The lowest BCUT2D eigenvalue weighted by Gasteiger charge is -2.14. The minimum atomic E-state index is -1.29. The summed E-state index contributed by atoms with van der Waals surface area (Å²) in [5.41, 5.74) is 3.16. The van der Waals surface area contributed by atoms with Crippen molar-refractivity contribution >= 4 is 16.9 Å². The van der Waals surface area contributed by atoms with E-state index in [4.69, 9.17) is 0 Å². The molecule has 2 heterocycles. The molecule has 1 aliphatic carbocycles. The van der Waals surface area contributed by atoms with Gasteiger partial charge in [0.15, 0.2) is 0 Å². The molecule has 0 saturated heterocycles. The third kappa shape index (κ3) is 2.56. The Morgan fingerprint density at radius 2 is 2.04 bits per heavy atom. The van der Waals surface area contributed by atoms with E-state index in [0.29, 0.717) is 11.1 Å². The van der Waals surface area contributed by atoms with Crippen LogP contribution in [0.3, 0.4) is 0 Å². The van der Waals surface area contributed by atoms with E-state index in [0.717, 1.165) is 30.5 Å². The lowest BCUT2D eigenvalue weighted by molar-refractivity contribution is 0.0695. The number of hydrogen-bond donors (Lipinski definition) is 2. The van der Waals surface area contributed by atoms with E-state index in [9.17, 15) is 14.7 Å². The number of fused-ring (bicyclic) bond motifs is 2. The van der Waals surface area contributed by atoms with Crippen molar-refractivity contribution in [2.24, 2.45) is 0 Å². The highest BCUT2D eigenvalue weighted by Gasteiger charge is 2.27. The highest BCUT2D eigenvalue weighted by Crippen LogP contribution is 2.39. The van der Waals surface area contributed by atoms with Crippen molar-refractivity contribution in [3.8, 4) is 11.1 Å². The van der Waals surface area contributed by atoms with Gasteiger partial charge in [-0.25, -0.2) is 9.18 Å². The fourth-order valence-electron chi connectivity index (χ4n) is 4.10. The molecule has 1 atom stereocenters. The van der Waals surface area contributed by atoms with Gasteiger partial charge in [-0.1, -0.05) is 12.1 Å². The molecule has 5 rings (SSSR count). The number of nitrogens with one attached hydrogen (secondary N) is 1. The van der Waals surface area contributed by atoms with Gasteiger partial charge in [0.1, 0.15) is 11.4 Å². The second kappa shape index (κ2) is 6.01. The van der Waals surface area contributed by atoms with Crippen LogP contribution in [0, 0.1) is 5.82 Å². The summed E-state index contributed by atoms with van der Waals surface area (Å²) in [4.78, 5) is 24.1. The third-order valence-corrected chi connectivity index (χ3v) is 5.81. The van der Waals surface area contributed by atoms with Crippen LogP contribution >= 0.6 is 0 Å². The van der Waals surface area contributed by atoms with Gasteiger partial charge in [-0.2, -0.15) is 0 Å². The number of aromatic carboxylic acids is 1. The molecule has 0 bridgehead atoms. The normalized spacial score (nSPS) is 18.4. The summed E-state index contributed by atoms with van der Waals surface area (Å²) >= 11 is 0. The number of carboxylic acid groups (broad SMARTS) is 1. The Balaban J connectivity index is 1.76. The highest BCUT2D eigenvalue weighted by atomic mass is 19.1. The summed E-state index contributed by atoms with van der Waals surface area (Å²) < 4.78 is 16.8. The monoisotopic (exact) mass is 378 g/mol.